The van der Waals surface area contributed by atoms with Crippen molar-refractivity contribution in [3.63, 3.8) is 0 Å². The second-order valence-electron chi connectivity index (χ2n) is 8.83. The number of hydrogen-bond acceptors (Lipinski definition) is 7. The maximum Gasteiger partial charge on any atom is 0.410 e. The molecule has 1 aliphatic heterocycles. The third kappa shape index (κ3) is 3.74. The van der Waals surface area contributed by atoms with E-state index >= 15 is 0 Å². The first-order chi connectivity index (χ1) is 15.1. The lowest BCUT2D eigenvalue weighted by Crippen LogP contribution is -2.50. The van der Waals surface area contributed by atoms with Gasteiger partial charge < -0.3 is 20.1 Å². The zero-order chi connectivity index (χ0) is 23.7. The molecular weight excluding hydrogens is 406 g/mol. The summed E-state index contributed by atoms with van der Waals surface area (Å²) in [6.07, 6.45) is 1.26. The fourth-order valence-corrected chi connectivity index (χ4v) is 4.34. The molecule has 0 aromatic heterocycles. The van der Waals surface area contributed by atoms with Gasteiger partial charge in [0, 0.05) is 24.9 Å². The standard InChI is InChI=1S/C24H25N5O3/c1-23(2,3)32-22(30)29-10-9-17-18(11-25)21(28)24(13-26,14-27)20(19(17)12-29)15-5-7-16(31-4)8-6-15/h5-9,19-20H,10,12,28H2,1-4H3/t19-,20+/m0/s1. The van der Waals surface area contributed by atoms with E-state index < -0.39 is 28.9 Å². The van der Waals surface area contributed by atoms with Crippen LogP contribution in [0.1, 0.15) is 32.3 Å². The number of rotatable bonds is 2. The Balaban J connectivity index is 2.17. The third-order valence-electron chi connectivity index (χ3n) is 5.79. The van der Waals surface area contributed by atoms with Gasteiger partial charge in [-0.1, -0.05) is 18.2 Å². The zero-order valence-corrected chi connectivity index (χ0v) is 18.5. The Morgan fingerprint density at radius 2 is 1.81 bits per heavy atom. The Bertz CT molecular complexity index is 1090. The van der Waals surface area contributed by atoms with Gasteiger partial charge in [-0.25, -0.2) is 4.79 Å². The monoisotopic (exact) mass is 431 g/mol. The van der Waals surface area contributed by atoms with Gasteiger partial charge in [0.1, 0.15) is 17.4 Å². The van der Waals surface area contributed by atoms with Crippen molar-refractivity contribution in [3.8, 4) is 24.0 Å². The van der Waals surface area contributed by atoms with Crippen LogP contribution in [0.3, 0.4) is 0 Å². The smallest absolute Gasteiger partial charge is 0.410 e. The van der Waals surface area contributed by atoms with Gasteiger partial charge in [0.25, 0.3) is 0 Å². The Hall–Kier alpha value is -3.96. The van der Waals surface area contributed by atoms with Crippen LogP contribution in [-0.4, -0.2) is 36.8 Å². The van der Waals surface area contributed by atoms with Crippen LogP contribution in [0.25, 0.3) is 0 Å². The van der Waals surface area contributed by atoms with E-state index in [9.17, 15) is 20.6 Å². The van der Waals surface area contributed by atoms with Gasteiger partial charge in [0.05, 0.1) is 30.5 Å². The van der Waals surface area contributed by atoms with Crippen LogP contribution >= 0.6 is 0 Å². The number of amides is 1. The molecule has 1 heterocycles. The predicted molar refractivity (Wildman–Crippen MR) is 116 cm³/mol. The molecule has 8 heteroatoms. The number of allylic oxidation sites excluding steroid dienone is 2. The molecule has 1 aromatic rings. The number of methoxy groups -OCH3 is 1. The molecule has 3 rings (SSSR count). The highest BCUT2D eigenvalue weighted by Crippen LogP contribution is 2.54. The maximum atomic E-state index is 12.8. The largest absolute Gasteiger partial charge is 0.497 e. The quantitative estimate of drug-likeness (QED) is 0.758. The molecule has 0 bridgehead atoms. The van der Waals surface area contributed by atoms with Crippen molar-refractivity contribution < 1.29 is 14.3 Å². The van der Waals surface area contributed by atoms with Crippen molar-refractivity contribution in [1.29, 1.82) is 15.8 Å². The predicted octanol–water partition coefficient (Wildman–Crippen LogP) is 3.36. The highest BCUT2D eigenvalue weighted by molar-refractivity contribution is 5.70. The molecule has 164 valence electrons. The summed E-state index contributed by atoms with van der Waals surface area (Å²) >= 11 is 0. The highest BCUT2D eigenvalue weighted by atomic mass is 16.6. The lowest BCUT2D eigenvalue weighted by Gasteiger charge is -2.45. The van der Waals surface area contributed by atoms with Crippen LogP contribution in [0.5, 0.6) is 5.75 Å². The Morgan fingerprint density at radius 1 is 1.19 bits per heavy atom. The molecule has 0 radical (unpaired) electrons. The number of carbonyl (C=O) groups excluding carboxylic acids is 1. The first kappa shape index (κ1) is 22.7. The van der Waals surface area contributed by atoms with Crippen molar-refractivity contribution >= 4 is 6.09 Å². The topological polar surface area (TPSA) is 136 Å². The van der Waals surface area contributed by atoms with Crippen molar-refractivity contribution in [2.45, 2.75) is 32.3 Å². The van der Waals surface area contributed by atoms with Crippen molar-refractivity contribution in [2.24, 2.45) is 17.1 Å². The van der Waals surface area contributed by atoms with E-state index in [4.69, 9.17) is 15.2 Å². The second-order valence-corrected chi connectivity index (χ2v) is 8.83. The SMILES string of the molecule is COc1ccc([C@@H]2[C@H]3CN(C(=O)OC(C)(C)C)CC=C3C(C#N)=C(N)C2(C#N)C#N)cc1. The lowest BCUT2D eigenvalue weighted by atomic mass is 9.58. The van der Waals surface area contributed by atoms with Crippen molar-refractivity contribution in [3.05, 3.63) is 52.7 Å². The molecule has 2 aliphatic rings. The molecule has 2 N–H and O–H groups in total. The van der Waals surface area contributed by atoms with E-state index in [2.05, 4.69) is 18.2 Å². The summed E-state index contributed by atoms with van der Waals surface area (Å²) in [5.74, 6) is -0.567. The van der Waals surface area contributed by atoms with Gasteiger partial charge in [-0.15, -0.1) is 0 Å². The number of benzene rings is 1. The van der Waals surface area contributed by atoms with E-state index in [1.54, 1.807) is 58.2 Å². The normalized spacial score (nSPS) is 21.9. The van der Waals surface area contributed by atoms with Gasteiger partial charge in [-0.3, -0.25) is 0 Å². The first-order valence-electron chi connectivity index (χ1n) is 10.2. The van der Waals surface area contributed by atoms with E-state index in [1.807, 2.05) is 0 Å². The van der Waals surface area contributed by atoms with Gasteiger partial charge in [0.2, 0.25) is 0 Å². The molecule has 32 heavy (non-hydrogen) atoms. The second kappa shape index (κ2) is 8.29. The Labute approximate surface area is 187 Å². The molecule has 2 atom stereocenters. The number of hydrogen-bond donors (Lipinski definition) is 1. The minimum Gasteiger partial charge on any atom is -0.497 e. The summed E-state index contributed by atoms with van der Waals surface area (Å²) in [5.41, 5.74) is 5.27. The van der Waals surface area contributed by atoms with E-state index in [1.165, 1.54) is 4.90 Å². The van der Waals surface area contributed by atoms with Crippen molar-refractivity contribution in [2.75, 3.05) is 20.2 Å². The van der Waals surface area contributed by atoms with Gasteiger partial charge in [-0.05, 0) is 44.0 Å². The van der Waals surface area contributed by atoms with Gasteiger partial charge >= 0.3 is 6.09 Å². The van der Waals surface area contributed by atoms with Crippen LogP contribution in [-0.2, 0) is 4.74 Å². The summed E-state index contributed by atoms with van der Waals surface area (Å²) in [7, 11) is 1.55. The number of ether oxygens (including phenoxy) is 2. The average Bonchev–Trinajstić information content (AvgIpc) is 2.77. The van der Waals surface area contributed by atoms with E-state index in [-0.39, 0.29) is 24.4 Å². The molecule has 8 nitrogen and oxygen atoms in total. The third-order valence-corrected chi connectivity index (χ3v) is 5.79. The van der Waals surface area contributed by atoms with Crippen LogP contribution < -0.4 is 10.5 Å². The van der Waals surface area contributed by atoms with Crippen molar-refractivity contribution in [1.82, 2.24) is 4.90 Å². The summed E-state index contributed by atoms with van der Waals surface area (Å²) in [6, 6.07) is 13.3. The fourth-order valence-electron chi connectivity index (χ4n) is 4.34. The molecule has 1 amide bonds. The number of carbonyl (C=O) groups is 1. The van der Waals surface area contributed by atoms with Crippen LogP contribution in [0.15, 0.2) is 47.2 Å². The maximum absolute atomic E-state index is 12.8. The Kier molecular flexibility index (Phi) is 5.88. The molecule has 0 unspecified atom stereocenters. The summed E-state index contributed by atoms with van der Waals surface area (Å²) in [5, 5.41) is 30.1. The number of nitrogens with zero attached hydrogens (tertiary/aromatic N) is 4. The highest BCUT2D eigenvalue weighted by Gasteiger charge is 2.54. The first-order valence-corrected chi connectivity index (χ1v) is 10.2. The lowest BCUT2D eigenvalue weighted by molar-refractivity contribution is 0.0224. The zero-order valence-electron chi connectivity index (χ0n) is 18.5. The molecule has 0 saturated carbocycles. The molecule has 1 aliphatic carbocycles. The van der Waals surface area contributed by atoms with E-state index in [0.717, 1.165) is 0 Å². The fraction of sp³-hybridized carbons (Fsp3) is 0.417. The number of fused-ring (bicyclic) bond motifs is 1. The minimum absolute atomic E-state index is 0.0564. The van der Waals surface area contributed by atoms with Crippen LogP contribution in [0.4, 0.5) is 4.79 Å². The molecule has 0 saturated heterocycles. The number of nitrogens with two attached hydrogens (primary N) is 1. The molecule has 0 spiro atoms. The summed E-state index contributed by atoms with van der Waals surface area (Å²) < 4.78 is 10.7. The average molecular weight is 431 g/mol. The minimum atomic E-state index is -1.77. The summed E-state index contributed by atoms with van der Waals surface area (Å²) in [4.78, 5) is 14.3. The number of nitriles is 3. The van der Waals surface area contributed by atoms with Crippen LogP contribution in [0, 0.1) is 45.3 Å². The van der Waals surface area contributed by atoms with E-state index in [0.29, 0.717) is 16.9 Å². The summed E-state index contributed by atoms with van der Waals surface area (Å²) in [6.45, 7) is 5.77. The van der Waals surface area contributed by atoms with Gasteiger partial charge in [-0.2, -0.15) is 15.8 Å². The Morgan fingerprint density at radius 3 is 2.31 bits per heavy atom. The van der Waals surface area contributed by atoms with Gasteiger partial charge in [0.15, 0.2) is 5.41 Å². The van der Waals surface area contributed by atoms with Crippen LogP contribution in [0.2, 0.25) is 0 Å². The molecule has 0 fully saturated rings. The molecule has 1 aromatic carbocycles. The molecular formula is C24H25N5O3.